The molecule has 2 aromatic heterocycles. The van der Waals surface area contributed by atoms with Crippen molar-refractivity contribution in [2.24, 2.45) is 11.8 Å². The fourth-order valence-corrected chi connectivity index (χ4v) is 5.75. The van der Waals surface area contributed by atoms with Gasteiger partial charge in [-0.25, -0.2) is 22.8 Å². The minimum absolute atomic E-state index is 0.00985. The maximum absolute atomic E-state index is 14.6. The lowest BCUT2D eigenvalue weighted by Gasteiger charge is -2.12. The number of halogens is 1. The molecule has 0 spiro atoms. The summed E-state index contributed by atoms with van der Waals surface area (Å²) in [7, 11) is -3.03. The summed E-state index contributed by atoms with van der Waals surface area (Å²) < 4.78 is 48.4. The molecule has 5 rings (SSSR count). The molecule has 1 saturated carbocycles. The van der Waals surface area contributed by atoms with E-state index in [2.05, 4.69) is 9.97 Å². The van der Waals surface area contributed by atoms with Crippen molar-refractivity contribution in [3.05, 3.63) is 70.8 Å². The number of carboxylic acids is 1. The van der Waals surface area contributed by atoms with Crippen LogP contribution >= 0.6 is 0 Å². The fraction of sp³-hybridized carbons (Fsp3) is 0.370. The van der Waals surface area contributed by atoms with Crippen molar-refractivity contribution in [1.29, 1.82) is 0 Å². The first-order valence-electron chi connectivity index (χ1n) is 12.0. The maximum Gasteiger partial charge on any atom is 0.307 e. The van der Waals surface area contributed by atoms with E-state index in [9.17, 15) is 22.7 Å². The van der Waals surface area contributed by atoms with Gasteiger partial charge < -0.3 is 14.6 Å². The summed E-state index contributed by atoms with van der Waals surface area (Å²) >= 11 is 0. The lowest BCUT2D eigenvalue weighted by Crippen LogP contribution is -2.08. The standard InChI is InChI=1S/C27H27FN2O6S/c1-15-19(5-7-23(30-15)35-8-3-9-37(2,33)34)16-4-6-22(28)18(10-16)14-36-24-12-17-11-20-25(21(17)13-29-24)26(20)27(31)32/h4-7,10,12-13,20,25-26H,3,8-9,11,14H2,1-2H3,(H,31,32)/t20-,25-,26+/m1/s1. The number of pyridine rings is 2. The van der Waals surface area contributed by atoms with Crippen LogP contribution < -0.4 is 9.47 Å². The zero-order valence-corrected chi connectivity index (χ0v) is 21.3. The van der Waals surface area contributed by atoms with E-state index in [0.717, 1.165) is 22.3 Å². The lowest BCUT2D eigenvalue weighted by molar-refractivity contribution is -0.139. The Morgan fingerprint density at radius 3 is 2.70 bits per heavy atom. The first-order valence-corrected chi connectivity index (χ1v) is 14.1. The average molecular weight is 527 g/mol. The molecule has 2 aliphatic rings. The molecule has 3 aromatic rings. The zero-order chi connectivity index (χ0) is 26.3. The van der Waals surface area contributed by atoms with Crippen molar-refractivity contribution < 1.29 is 32.2 Å². The molecular weight excluding hydrogens is 499 g/mol. The van der Waals surface area contributed by atoms with E-state index >= 15 is 0 Å². The van der Waals surface area contributed by atoms with Gasteiger partial charge in [-0.3, -0.25) is 4.79 Å². The third-order valence-electron chi connectivity index (χ3n) is 6.97. The summed E-state index contributed by atoms with van der Waals surface area (Å²) in [4.78, 5) is 20.0. The second-order valence-corrected chi connectivity index (χ2v) is 11.9. The van der Waals surface area contributed by atoms with Crippen LogP contribution in [0.15, 0.2) is 42.6 Å². The van der Waals surface area contributed by atoms with Gasteiger partial charge in [0.25, 0.3) is 0 Å². The van der Waals surface area contributed by atoms with Crippen LogP contribution in [0.4, 0.5) is 4.39 Å². The van der Waals surface area contributed by atoms with E-state index in [1.807, 2.05) is 19.1 Å². The van der Waals surface area contributed by atoms with Crippen molar-refractivity contribution >= 4 is 15.8 Å². The Morgan fingerprint density at radius 1 is 1.16 bits per heavy atom. The van der Waals surface area contributed by atoms with Crippen LogP contribution in [0, 0.1) is 24.6 Å². The highest BCUT2D eigenvalue weighted by Crippen LogP contribution is 2.61. The molecule has 2 aliphatic carbocycles. The molecule has 2 heterocycles. The summed E-state index contributed by atoms with van der Waals surface area (Å²) in [6.45, 7) is 2.06. The van der Waals surface area contributed by atoms with E-state index in [1.165, 1.54) is 12.3 Å². The van der Waals surface area contributed by atoms with E-state index < -0.39 is 21.6 Å². The number of aromatic nitrogens is 2. The number of aliphatic carboxylic acids is 1. The fourth-order valence-electron chi connectivity index (χ4n) is 5.11. The van der Waals surface area contributed by atoms with E-state index in [0.29, 0.717) is 35.9 Å². The Hall–Kier alpha value is -3.53. The van der Waals surface area contributed by atoms with Gasteiger partial charge in [-0.1, -0.05) is 6.07 Å². The van der Waals surface area contributed by atoms with Gasteiger partial charge in [0.05, 0.1) is 18.3 Å². The van der Waals surface area contributed by atoms with Gasteiger partial charge in [-0.05, 0) is 60.6 Å². The molecule has 0 saturated heterocycles. The SMILES string of the molecule is Cc1nc(OCCCS(C)(=O)=O)ccc1-c1ccc(F)c(COc2cc3c(cn2)[C@H]2[C@@H](C3)[C@@H]2C(=O)O)c1. The Bertz CT molecular complexity index is 1480. The van der Waals surface area contributed by atoms with Crippen LogP contribution in [0.3, 0.4) is 0 Å². The summed E-state index contributed by atoms with van der Waals surface area (Å²) in [6.07, 6.45) is 3.95. The number of nitrogens with zero attached hydrogens (tertiary/aromatic N) is 2. The van der Waals surface area contributed by atoms with Crippen LogP contribution in [0.25, 0.3) is 11.1 Å². The average Bonchev–Trinajstić information content (AvgIpc) is 3.43. The minimum Gasteiger partial charge on any atom is -0.481 e. The van der Waals surface area contributed by atoms with Gasteiger partial charge in [-0.2, -0.15) is 0 Å². The molecule has 0 radical (unpaired) electrons. The Balaban J connectivity index is 1.23. The number of carbonyl (C=O) groups is 1. The number of hydrogen-bond donors (Lipinski definition) is 1. The molecule has 1 aromatic carbocycles. The zero-order valence-electron chi connectivity index (χ0n) is 20.5. The predicted molar refractivity (Wildman–Crippen MR) is 134 cm³/mol. The quantitative estimate of drug-likeness (QED) is 0.395. The predicted octanol–water partition coefficient (Wildman–Crippen LogP) is 3.95. The Morgan fingerprint density at radius 2 is 1.97 bits per heavy atom. The molecule has 0 aliphatic heterocycles. The number of rotatable bonds is 10. The van der Waals surface area contributed by atoms with Crippen molar-refractivity contribution in [2.45, 2.75) is 32.3 Å². The molecule has 1 fully saturated rings. The number of aryl methyl sites for hydroxylation is 1. The second kappa shape index (κ2) is 9.74. The Labute approximate surface area is 214 Å². The molecule has 0 amide bonds. The van der Waals surface area contributed by atoms with Crippen molar-refractivity contribution in [3.8, 4) is 22.9 Å². The third kappa shape index (κ3) is 5.44. The van der Waals surface area contributed by atoms with Crippen LogP contribution in [0.1, 0.15) is 34.7 Å². The summed E-state index contributed by atoms with van der Waals surface area (Å²) in [6, 6.07) is 10.1. The third-order valence-corrected chi connectivity index (χ3v) is 8.00. The number of benzene rings is 1. The van der Waals surface area contributed by atoms with Gasteiger partial charge >= 0.3 is 5.97 Å². The monoisotopic (exact) mass is 526 g/mol. The first kappa shape index (κ1) is 25.1. The van der Waals surface area contributed by atoms with Gasteiger partial charge in [-0.15, -0.1) is 0 Å². The van der Waals surface area contributed by atoms with Gasteiger partial charge in [0, 0.05) is 47.3 Å². The molecule has 37 heavy (non-hydrogen) atoms. The molecular formula is C27H27FN2O6S. The van der Waals surface area contributed by atoms with Crippen molar-refractivity contribution in [3.63, 3.8) is 0 Å². The topological polar surface area (TPSA) is 116 Å². The number of carboxylic acid groups (broad SMARTS) is 1. The molecule has 0 unspecified atom stereocenters. The second-order valence-electron chi connectivity index (χ2n) is 9.69. The summed E-state index contributed by atoms with van der Waals surface area (Å²) in [5.74, 6) is -0.444. The highest BCUT2D eigenvalue weighted by molar-refractivity contribution is 7.90. The summed E-state index contributed by atoms with van der Waals surface area (Å²) in [5.41, 5.74) is 4.67. The van der Waals surface area contributed by atoms with Crippen LogP contribution in [0.5, 0.6) is 11.8 Å². The molecule has 1 N–H and O–H groups in total. The molecule has 0 bridgehead atoms. The van der Waals surface area contributed by atoms with Gasteiger partial charge in [0.1, 0.15) is 22.3 Å². The van der Waals surface area contributed by atoms with Gasteiger partial charge in [0.15, 0.2) is 0 Å². The molecule has 194 valence electrons. The first-order chi connectivity index (χ1) is 17.6. The van der Waals surface area contributed by atoms with Crippen molar-refractivity contribution in [1.82, 2.24) is 9.97 Å². The molecule has 3 atom stereocenters. The number of ether oxygens (including phenoxy) is 2. The maximum atomic E-state index is 14.6. The largest absolute Gasteiger partial charge is 0.481 e. The van der Waals surface area contributed by atoms with E-state index in [1.54, 1.807) is 24.4 Å². The number of hydrogen-bond acceptors (Lipinski definition) is 7. The number of sulfone groups is 1. The smallest absolute Gasteiger partial charge is 0.307 e. The van der Waals surface area contributed by atoms with E-state index in [-0.39, 0.29) is 36.7 Å². The minimum atomic E-state index is -3.03. The van der Waals surface area contributed by atoms with Crippen LogP contribution in [-0.4, -0.2) is 48.1 Å². The van der Waals surface area contributed by atoms with E-state index in [4.69, 9.17) is 9.47 Å². The highest BCUT2D eigenvalue weighted by Gasteiger charge is 2.59. The highest BCUT2D eigenvalue weighted by atomic mass is 32.2. The Kier molecular flexibility index (Phi) is 6.61. The van der Waals surface area contributed by atoms with Gasteiger partial charge in [0.2, 0.25) is 11.8 Å². The normalized spacial score (nSPS) is 19.7. The van der Waals surface area contributed by atoms with Crippen LogP contribution in [0.2, 0.25) is 0 Å². The number of fused-ring (bicyclic) bond motifs is 3. The summed E-state index contributed by atoms with van der Waals surface area (Å²) in [5, 5.41) is 9.27. The lowest BCUT2D eigenvalue weighted by atomic mass is 10.0. The van der Waals surface area contributed by atoms with Crippen LogP contribution in [-0.2, 0) is 27.7 Å². The molecule has 8 nitrogen and oxygen atoms in total. The molecule has 10 heteroatoms. The van der Waals surface area contributed by atoms with Crippen molar-refractivity contribution in [2.75, 3.05) is 18.6 Å².